The Morgan fingerprint density at radius 3 is 2.62 bits per heavy atom. The molecule has 0 aliphatic heterocycles. The normalized spacial score (nSPS) is 11.7. The molecule has 150 valence electrons. The summed E-state index contributed by atoms with van der Waals surface area (Å²) in [5.41, 5.74) is 2.65. The largest absolute Gasteiger partial charge is 0.449 e. The number of benzene rings is 1. The molecule has 0 aliphatic carbocycles. The molecular weight excluding hydrogens is 390 g/mol. The molecule has 2 heterocycles. The van der Waals surface area contributed by atoms with Gasteiger partial charge in [0.05, 0.1) is 5.56 Å². The number of rotatable bonds is 6. The van der Waals surface area contributed by atoms with Crippen LogP contribution in [0.15, 0.2) is 57.0 Å². The van der Waals surface area contributed by atoms with E-state index < -0.39 is 18.0 Å². The number of carbonyl (C=O) groups excluding carboxylic acids is 2. The van der Waals surface area contributed by atoms with Crippen LogP contribution in [0, 0.1) is 20.8 Å². The van der Waals surface area contributed by atoms with Crippen LogP contribution in [0.2, 0.25) is 0 Å². The van der Waals surface area contributed by atoms with E-state index in [2.05, 4.69) is 15.5 Å². The second kappa shape index (κ2) is 8.91. The van der Waals surface area contributed by atoms with Gasteiger partial charge in [-0.25, -0.2) is 9.78 Å². The van der Waals surface area contributed by atoms with Crippen LogP contribution >= 0.6 is 11.8 Å². The lowest BCUT2D eigenvalue weighted by Crippen LogP contribution is -2.30. The number of pyridine rings is 1. The zero-order valence-corrected chi connectivity index (χ0v) is 17.4. The van der Waals surface area contributed by atoms with Gasteiger partial charge in [0.1, 0.15) is 10.8 Å². The van der Waals surface area contributed by atoms with Crippen LogP contribution in [0.5, 0.6) is 0 Å². The maximum atomic E-state index is 12.7. The van der Waals surface area contributed by atoms with Crippen molar-refractivity contribution in [1.82, 2.24) is 10.1 Å². The minimum absolute atomic E-state index is 0.266. The third kappa shape index (κ3) is 5.23. The number of ether oxygens (including phenoxy) is 1. The van der Waals surface area contributed by atoms with Crippen molar-refractivity contribution in [2.75, 3.05) is 5.32 Å². The van der Waals surface area contributed by atoms with E-state index in [9.17, 15) is 9.59 Å². The summed E-state index contributed by atoms with van der Waals surface area (Å²) in [4.78, 5) is 30.2. The minimum Gasteiger partial charge on any atom is -0.449 e. The Morgan fingerprint density at radius 2 is 1.93 bits per heavy atom. The molecule has 0 radical (unpaired) electrons. The van der Waals surface area contributed by atoms with Crippen LogP contribution < -0.4 is 5.32 Å². The molecule has 29 heavy (non-hydrogen) atoms. The molecule has 1 amide bonds. The van der Waals surface area contributed by atoms with Crippen molar-refractivity contribution in [3.05, 3.63) is 65.0 Å². The van der Waals surface area contributed by atoms with E-state index in [0.717, 1.165) is 10.5 Å². The lowest BCUT2D eigenvalue weighted by molar-refractivity contribution is -0.123. The van der Waals surface area contributed by atoms with Gasteiger partial charge < -0.3 is 14.6 Å². The summed E-state index contributed by atoms with van der Waals surface area (Å²) >= 11 is 1.37. The van der Waals surface area contributed by atoms with Crippen molar-refractivity contribution < 1.29 is 18.8 Å². The number of carbonyl (C=O) groups is 2. The number of amides is 1. The number of nitrogens with one attached hydrogen (secondary N) is 1. The molecule has 2 aromatic heterocycles. The maximum Gasteiger partial charge on any atom is 0.341 e. The molecule has 8 heteroatoms. The minimum atomic E-state index is -1.01. The first-order valence-electron chi connectivity index (χ1n) is 8.99. The molecule has 0 fully saturated rings. The molecule has 0 bridgehead atoms. The standard InChI is InChI=1S/C21H21N3O4S/c1-12-7-8-16(10-13(12)2)29-20-17(6-5-9-22-20)21(26)27-15(4)19(25)23-18-11-14(3)28-24-18/h5-11,15H,1-4H3,(H,23,24,25)/t15-/m0/s1. The fourth-order valence-corrected chi connectivity index (χ4v) is 3.42. The fourth-order valence-electron chi connectivity index (χ4n) is 2.45. The van der Waals surface area contributed by atoms with E-state index in [0.29, 0.717) is 16.3 Å². The maximum absolute atomic E-state index is 12.7. The molecule has 3 rings (SSSR count). The molecule has 7 nitrogen and oxygen atoms in total. The summed E-state index contributed by atoms with van der Waals surface area (Å²) in [6, 6.07) is 10.9. The van der Waals surface area contributed by atoms with Crippen molar-refractivity contribution in [2.45, 2.75) is 43.7 Å². The predicted molar refractivity (Wildman–Crippen MR) is 109 cm³/mol. The Morgan fingerprint density at radius 1 is 1.14 bits per heavy atom. The SMILES string of the molecule is Cc1cc(NC(=O)[C@H](C)OC(=O)c2cccnc2Sc2ccc(C)c(C)c2)no1. The summed E-state index contributed by atoms with van der Waals surface area (Å²) in [5, 5.41) is 6.75. The van der Waals surface area contributed by atoms with Crippen LogP contribution in [0.3, 0.4) is 0 Å². The number of anilines is 1. The molecule has 3 aromatic rings. The number of aromatic nitrogens is 2. The molecule has 1 atom stereocenters. The van der Waals surface area contributed by atoms with Gasteiger partial charge in [0.15, 0.2) is 11.9 Å². The van der Waals surface area contributed by atoms with Gasteiger partial charge in [-0.2, -0.15) is 0 Å². The van der Waals surface area contributed by atoms with E-state index in [-0.39, 0.29) is 5.82 Å². The van der Waals surface area contributed by atoms with E-state index in [4.69, 9.17) is 9.26 Å². The van der Waals surface area contributed by atoms with Gasteiger partial charge >= 0.3 is 5.97 Å². The highest BCUT2D eigenvalue weighted by molar-refractivity contribution is 7.99. The van der Waals surface area contributed by atoms with E-state index in [1.807, 2.05) is 32.0 Å². The summed E-state index contributed by atoms with van der Waals surface area (Å²) in [7, 11) is 0. The number of esters is 1. The number of hydrogen-bond donors (Lipinski definition) is 1. The van der Waals surface area contributed by atoms with Crippen molar-refractivity contribution in [1.29, 1.82) is 0 Å². The van der Waals surface area contributed by atoms with Crippen LogP contribution in [-0.4, -0.2) is 28.1 Å². The summed E-state index contributed by atoms with van der Waals surface area (Å²) in [5.74, 6) is -0.293. The third-order valence-electron chi connectivity index (χ3n) is 4.22. The van der Waals surface area contributed by atoms with Crippen LogP contribution in [0.4, 0.5) is 5.82 Å². The highest BCUT2D eigenvalue weighted by atomic mass is 32.2. The zero-order chi connectivity index (χ0) is 21.0. The molecule has 0 saturated carbocycles. The Kier molecular flexibility index (Phi) is 6.33. The molecule has 1 N–H and O–H groups in total. The van der Waals surface area contributed by atoms with Crippen molar-refractivity contribution >= 4 is 29.5 Å². The van der Waals surface area contributed by atoms with Gasteiger partial charge in [0, 0.05) is 17.2 Å². The fraction of sp³-hybridized carbons (Fsp3) is 0.238. The first-order chi connectivity index (χ1) is 13.8. The van der Waals surface area contributed by atoms with Gasteiger partial charge in [-0.3, -0.25) is 4.79 Å². The quantitative estimate of drug-likeness (QED) is 0.603. The molecule has 0 spiro atoms. The van der Waals surface area contributed by atoms with Gasteiger partial charge in [0.2, 0.25) is 0 Å². The smallest absolute Gasteiger partial charge is 0.341 e. The van der Waals surface area contributed by atoms with E-state index in [1.54, 1.807) is 31.3 Å². The average Bonchev–Trinajstić information content (AvgIpc) is 3.09. The molecule has 0 aliphatic rings. The first kappa shape index (κ1) is 20.6. The predicted octanol–water partition coefficient (Wildman–Crippen LogP) is 4.33. The van der Waals surface area contributed by atoms with Gasteiger partial charge in [0.25, 0.3) is 5.91 Å². The Balaban J connectivity index is 1.70. The van der Waals surface area contributed by atoms with Crippen LogP contribution in [-0.2, 0) is 9.53 Å². The summed E-state index contributed by atoms with van der Waals surface area (Å²) in [6.07, 6.45) is 0.600. The first-order valence-corrected chi connectivity index (χ1v) is 9.80. The molecule has 0 unspecified atom stereocenters. The van der Waals surface area contributed by atoms with Crippen LogP contribution in [0.1, 0.15) is 34.2 Å². The highest BCUT2D eigenvalue weighted by Crippen LogP contribution is 2.30. The van der Waals surface area contributed by atoms with Crippen molar-refractivity contribution in [3.8, 4) is 0 Å². The second-order valence-electron chi connectivity index (χ2n) is 6.56. The lowest BCUT2D eigenvalue weighted by atomic mass is 10.1. The zero-order valence-electron chi connectivity index (χ0n) is 16.6. The number of aryl methyl sites for hydroxylation is 3. The lowest BCUT2D eigenvalue weighted by Gasteiger charge is -2.14. The Hall–Kier alpha value is -3.13. The Labute approximate surface area is 172 Å². The summed E-state index contributed by atoms with van der Waals surface area (Å²) in [6.45, 7) is 7.28. The topological polar surface area (TPSA) is 94.3 Å². The highest BCUT2D eigenvalue weighted by Gasteiger charge is 2.22. The second-order valence-corrected chi connectivity index (χ2v) is 7.63. The number of nitrogens with zero attached hydrogens (tertiary/aromatic N) is 2. The van der Waals surface area contributed by atoms with Crippen LogP contribution in [0.25, 0.3) is 0 Å². The third-order valence-corrected chi connectivity index (χ3v) is 5.22. The van der Waals surface area contributed by atoms with Crippen molar-refractivity contribution in [3.63, 3.8) is 0 Å². The van der Waals surface area contributed by atoms with Crippen molar-refractivity contribution in [2.24, 2.45) is 0 Å². The monoisotopic (exact) mass is 411 g/mol. The average molecular weight is 411 g/mol. The van der Waals surface area contributed by atoms with E-state index in [1.165, 1.54) is 24.2 Å². The molecular formula is C21H21N3O4S. The van der Waals surface area contributed by atoms with Gasteiger partial charge in [-0.1, -0.05) is 23.0 Å². The molecule has 0 saturated heterocycles. The summed E-state index contributed by atoms with van der Waals surface area (Å²) < 4.78 is 10.2. The molecule has 1 aromatic carbocycles. The van der Waals surface area contributed by atoms with E-state index >= 15 is 0 Å². The van der Waals surface area contributed by atoms with Gasteiger partial charge in [-0.05, 0) is 63.1 Å². The Bertz CT molecular complexity index is 1050. The number of hydrogen-bond acceptors (Lipinski definition) is 7. The van der Waals surface area contributed by atoms with Gasteiger partial charge in [-0.15, -0.1) is 0 Å².